The Hall–Kier alpha value is -1.17. The van der Waals surface area contributed by atoms with E-state index in [0.29, 0.717) is 24.6 Å². The molecule has 2 N–H and O–H groups in total. The number of hydrogen-bond donors (Lipinski definition) is 2. The van der Waals surface area contributed by atoms with E-state index in [2.05, 4.69) is 0 Å². The van der Waals surface area contributed by atoms with Gasteiger partial charge >= 0.3 is 5.97 Å². The van der Waals surface area contributed by atoms with Crippen LogP contribution >= 0.6 is 23.1 Å². The van der Waals surface area contributed by atoms with Crippen molar-refractivity contribution in [3.05, 3.63) is 16.3 Å². The zero-order valence-electron chi connectivity index (χ0n) is 11.9. The number of hydrogen-bond acceptors (Lipinski definition) is 6. The number of nitrogens with zero attached hydrogens (tertiary/aromatic N) is 1. The van der Waals surface area contributed by atoms with Crippen molar-refractivity contribution in [2.45, 2.75) is 10.9 Å². The first-order valence-corrected chi connectivity index (χ1v) is 10.1. The third-order valence-corrected chi connectivity index (χ3v) is 7.11. The molecule has 1 aromatic rings. The minimum absolute atomic E-state index is 0.136. The fourth-order valence-electron chi connectivity index (χ4n) is 1.98. The highest BCUT2D eigenvalue weighted by Crippen LogP contribution is 2.27. The Bertz CT molecular complexity index is 685. The van der Waals surface area contributed by atoms with Crippen molar-refractivity contribution in [1.29, 1.82) is 0 Å². The van der Waals surface area contributed by atoms with Gasteiger partial charge < -0.3 is 10.4 Å². The van der Waals surface area contributed by atoms with Gasteiger partial charge in [-0.1, -0.05) is 0 Å². The molecule has 1 atom stereocenters. The van der Waals surface area contributed by atoms with Gasteiger partial charge in [0.1, 0.15) is 16.4 Å². The summed E-state index contributed by atoms with van der Waals surface area (Å²) in [5.41, 5.74) is 0. The van der Waals surface area contributed by atoms with E-state index in [9.17, 15) is 22.4 Å². The molecule has 0 bridgehead atoms. The minimum atomic E-state index is -3.83. The number of thioether (sulfide) groups is 1. The summed E-state index contributed by atoms with van der Waals surface area (Å²) in [6.45, 7) is -0.573. The van der Waals surface area contributed by atoms with Crippen LogP contribution in [0.15, 0.2) is 16.3 Å². The van der Waals surface area contributed by atoms with Crippen LogP contribution in [0.3, 0.4) is 0 Å². The van der Waals surface area contributed by atoms with Crippen molar-refractivity contribution < 1.29 is 27.5 Å². The number of rotatable bonds is 6. The van der Waals surface area contributed by atoms with Crippen LogP contribution in [0.25, 0.3) is 0 Å². The topological polar surface area (TPSA) is 104 Å². The van der Waals surface area contributed by atoms with E-state index < -0.39 is 34.6 Å². The first-order chi connectivity index (χ1) is 10.9. The van der Waals surface area contributed by atoms with Crippen LogP contribution in [0.5, 0.6) is 0 Å². The second-order valence-corrected chi connectivity index (χ2v) is 8.70. The summed E-state index contributed by atoms with van der Waals surface area (Å²) >= 11 is 2.52. The number of carboxylic acids is 1. The van der Waals surface area contributed by atoms with Gasteiger partial charge in [-0.2, -0.15) is 16.1 Å². The minimum Gasteiger partial charge on any atom is -0.480 e. The highest BCUT2D eigenvalue weighted by Gasteiger charge is 2.32. The Labute approximate surface area is 140 Å². The molecule has 2 heterocycles. The van der Waals surface area contributed by atoms with Crippen LogP contribution in [0.4, 0.5) is 4.39 Å². The van der Waals surface area contributed by atoms with Gasteiger partial charge in [-0.3, -0.25) is 4.79 Å². The third-order valence-electron chi connectivity index (χ3n) is 3.18. The molecule has 11 heteroatoms. The molecule has 128 valence electrons. The van der Waals surface area contributed by atoms with Crippen molar-refractivity contribution in [3.63, 3.8) is 0 Å². The summed E-state index contributed by atoms with van der Waals surface area (Å²) in [5.74, 6) is -1.08. The molecule has 1 aliphatic heterocycles. The molecule has 1 aromatic heterocycles. The zero-order valence-corrected chi connectivity index (χ0v) is 14.3. The maximum absolute atomic E-state index is 12.6. The molecule has 1 saturated heterocycles. The van der Waals surface area contributed by atoms with Crippen molar-refractivity contribution in [1.82, 2.24) is 9.62 Å². The molecule has 1 aliphatic rings. The predicted molar refractivity (Wildman–Crippen MR) is 85.3 cm³/mol. The number of carbonyl (C=O) groups excluding carboxylic acids is 1. The van der Waals surface area contributed by atoms with Crippen LogP contribution in [0.1, 0.15) is 9.67 Å². The Balaban J connectivity index is 2.24. The quantitative estimate of drug-likeness (QED) is 0.748. The number of aliphatic carboxylic acids is 1. The summed E-state index contributed by atoms with van der Waals surface area (Å²) in [4.78, 5) is 22.6. The van der Waals surface area contributed by atoms with Crippen LogP contribution in [0.2, 0.25) is 0 Å². The average molecular weight is 382 g/mol. The van der Waals surface area contributed by atoms with E-state index >= 15 is 0 Å². The van der Waals surface area contributed by atoms with Crippen molar-refractivity contribution in [2.24, 2.45) is 0 Å². The van der Waals surface area contributed by atoms with Crippen LogP contribution in [-0.4, -0.2) is 67.0 Å². The molecule has 1 unspecified atom stereocenters. The highest BCUT2D eigenvalue weighted by atomic mass is 32.2. The monoisotopic (exact) mass is 382 g/mol. The van der Waals surface area contributed by atoms with Gasteiger partial charge in [0.25, 0.3) is 5.91 Å². The Kier molecular flexibility index (Phi) is 6.00. The van der Waals surface area contributed by atoms with Crippen molar-refractivity contribution in [2.75, 3.05) is 31.3 Å². The van der Waals surface area contributed by atoms with E-state index in [-0.39, 0.29) is 9.77 Å². The van der Waals surface area contributed by atoms with Gasteiger partial charge in [0.05, 0.1) is 0 Å². The lowest BCUT2D eigenvalue weighted by atomic mass is 10.3. The molecule has 0 spiro atoms. The summed E-state index contributed by atoms with van der Waals surface area (Å²) in [5, 5.41) is 12.2. The number of alkyl halides is 1. The predicted octanol–water partition coefficient (Wildman–Crippen LogP) is 0.638. The van der Waals surface area contributed by atoms with E-state index in [0.717, 1.165) is 11.3 Å². The second-order valence-electron chi connectivity index (χ2n) is 4.65. The first-order valence-electron chi connectivity index (χ1n) is 6.63. The van der Waals surface area contributed by atoms with Gasteiger partial charge in [0.2, 0.25) is 10.0 Å². The molecular formula is C12H15FN2O5S3. The first kappa shape index (κ1) is 18.2. The summed E-state index contributed by atoms with van der Waals surface area (Å²) < 4.78 is 39.1. The van der Waals surface area contributed by atoms with Crippen LogP contribution < -0.4 is 5.32 Å². The zero-order chi connectivity index (χ0) is 17.0. The van der Waals surface area contributed by atoms with Gasteiger partial charge in [-0.25, -0.2) is 17.6 Å². The van der Waals surface area contributed by atoms with E-state index in [4.69, 9.17) is 5.11 Å². The van der Waals surface area contributed by atoms with Gasteiger partial charge in [-0.05, 0) is 11.4 Å². The smallest absolute Gasteiger partial charge is 0.328 e. The Morgan fingerprint density at radius 3 is 2.61 bits per heavy atom. The number of carbonyl (C=O) groups is 2. The highest BCUT2D eigenvalue weighted by molar-refractivity contribution is 7.99. The molecule has 0 aromatic carbocycles. The number of halogens is 1. The molecule has 0 aliphatic carbocycles. The van der Waals surface area contributed by atoms with Gasteiger partial charge in [-0.15, -0.1) is 11.3 Å². The fraction of sp³-hybridized carbons (Fsp3) is 0.500. The molecule has 0 saturated carbocycles. The molecule has 1 amide bonds. The second kappa shape index (κ2) is 7.60. The number of nitrogens with one attached hydrogen (secondary N) is 1. The third kappa shape index (κ3) is 4.03. The Morgan fingerprint density at radius 1 is 1.39 bits per heavy atom. The molecule has 23 heavy (non-hydrogen) atoms. The number of carboxylic acid groups (broad SMARTS) is 1. The lowest BCUT2D eigenvalue weighted by Gasteiger charge is -2.25. The SMILES string of the molecule is O=C(NC(CF)C(=O)O)c1sccc1S(=O)(=O)N1CCSCC1. The molecular weight excluding hydrogens is 367 g/mol. The van der Waals surface area contributed by atoms with E-state index in [1.807, 2.05) is 5.32 Å². The standard InChI is InChI=1S/C12H15FN2O5S3/c13-7-8(12(17)18)14-11(16)10-9(1-4-22-10)23(19,20)15-2-5-21-6-3-15/h1,4,8H,2-3,5-7H2,(H,14,16)(H,17,18). The summed E-state index contributed by atoms with van der Waals surface area (Å²) in [6.07, 6.45) is 0. The van der Waals surface area contributed by atoms with E-state index in [1.54, 1.807) is 11.8 Å². The maximum atomic E-state index is 12.6. The number of sulfonamides is 1. The molecule has 7 nitrogen and oxygen atoms in total. The summed E-state index contributed by atoms with van der Waals surface area (Å²) in [6, 6.07) is -0.395. The number of thiophene rings is 1. The molecule has 2 rings (SSSR count). The maximum Gasteiger partial charge on any atom is 0.328 e. The lowest BCUT2D eigenvalue weighted by molar-refractivity contribution is -0.139. The van der Waals surface area contributed by atoms with Crippen molar-refractivity contribution >= 4 is 45.0 Å². The number of amides is 1. The normalized spacial score (nSPS) is 17.6. The summed E-state index contributed by atoms with van der Waals surface area (Å²) in [7, 11) is -3.83. The molecule has 0 radical (unpaired) electrons. The average Bonchev–Trinajstić information content (AvgIpc) is 3.03. The van der Waals surface area contributed by atoms with Crippen LogP contribution in [-0.2, 0) is 14.8 Å². The largest absolute Gasteiger partial charge is 0.480 e. The van der Waals surface area contributed by atoms with Crippen LogP contribution in [0, 0.1) is 0 Å². The Morgan fingerprint density at radius 2 is 2.04 bits per heavy atom. The fourth-order valence-corrected chi connectivity index (χ4v) is 5.86. The van der Waals surface area contributed by atoms with Crippen molar-refractivity contribution in [3.8, 4) is 0 Å². The van der Waals surface area contributed by atoms with E-state index in [1.165, 1.54) is 15.8 Å². The van der Waals surface area contributed by atoms with Gasteiger partial charge in [0.15, 0.2) is 6.04 Å². The lowest BCUT2D eigenvalue weighted by Crippen LogP contribution is -2.43. The van der Waals surface area contributed by atoms with Gasteiger partial charge in [0, 0.05) is 24.6 Å². The molecule has 1 fully saturated rings.